The van der Waals surface area contributed by atoms with E-state index in [1.165, 1.54) is 22.3 Å². The molecular formula is C68H48N4. The summed E-state index contributed by atoms with van der Waals surface area (Å²) in [5.41, 5.74) is 21.0. The van der Waals surface area contributed by atoms with Crippen LogP contribution in [0.3, 0.4) is 0 Å². The maximum absolute atomic E-state index is 5.33. The van der Waals surface area contributed by atoms with E-state index in [1.807, 2.05) is 24.3 Å². The molecule has 4 nitrogen and oxygen atoms in total. The maximum atomic E-state index is 5.33. The molecule has 0 radical (unpaired) electrons. The minimum Gasteiger partial charge on any atom is -0.310 e. The Hall–Kier alpha value is -9.64. The number of para-hydroxylation sites is 6. The molecule has 72 heavy (non-hydrogen) atoms. The van der Waals surface area contributed by atoms with E-state index in [2.05, 4.69) is 277 Å². The molecule has 0 unspecified atom stereocenters. The third-order valence-electron chi connectivity index (χ3n) is 13.3. The first-order valence-electron chi connectivity index (χ1n) is 24.4. The first-order chi connectivity index (χ1) is 35.7. The summed E-state index contributed by atoms with van der Waals surface area (Å²) in [6.45, 7) is 0. The number of fused-ring (bicyclic) bond motifs is 1. The summed E-state index contributed by atoms with van der Waals surface area (Å²) in [6, 6.07) is 103. The van der Waals surface area contributed by atoms with Gasteiger partial charge >= 0.3 is 0 Å². The second-order valence-electron chi connectivity index (χ2n) is 17.8. The topological polar surface area (TPSA) is 32.3 Å². The fraction of sp³-hybridized carbons (Fsp3) is 0. The third kappa shape index (κ3) is 8.81. The zero-order chi connectivity index (χ0) is 48.1. The molecule has 0 saturated carbocycles. The number of aromatic nitrogens is 2. The highest BCUT2D eigenvalue weighted by atomic mass is 15.1. The van der Waals surface area contributed by atoms with Crippen LogP contribution in [0, 0.1) is 0 Å². The number of rotatable bonds is 12. The van der Waals surface area contributed by atoms with Crippen LogP contribution in [0.5, 0.6) is 0 Å². The molecule has 0 aliphatic heterocycles. The second kappa shape index (κ2) is 19.8. The van der Waals surface area contributed by atoms with Gasteiger partial charge < -0.3 is 9.80 Å². The molecule has 12 aromatic rings. The Kier molecular flexibility index (Phi) is 12.0. The van der Waals surface area contributed by atoms with E-state index in [4.69, 9.17) is 9.97 Å². The minimum atomic E-state index is 0.822. The molecule has 1 aromatic heterocycles. The van der Waals surface area contributed by atoms with Crippen LogP contribution in [-0.2, 0) is 0 Å². The highest BCUT2D eigenvalue weighted by molar-refractivity contribution is 5.92. The summed E-state index contributed by atoms with van der Waals surface area (Å²) in [6.07, 6.45) is 0. The lowest BCUT2D eigenvalue weighted by Gasteiger charge is -2.28. The van der Waals surface area contributed by atoms with Crippen molar-refractivity contribution in [1.82, 2.24) is 9.97 Å². The van der Waals surface area contributed by atoms with Crippen LogP contribution in [0.15, 0.2) is 291 Å². The average molecular weight is 921 g/mol. The Balaban J connectivity index is 0.909. The van der Waals surface area contributed by atoms with Crippen LogP contribution in [0.4, 0.5) is 34.1 Å². The fourth-order valence-corrected chi connectivity index (χ4v) is 9.72. The highest BCUT2D eigenvalue weighted by Crippen LogP contribution is 2.44. The lowest BCUT2D eigenvalue weighted by atomic mass is 9.98. The van der Waals surface area contributed by atoms with E-state index < -0.39 is 0 Å². The largest absolute Gasteiger partial charge is 0.310 e. The van der Waals surface area contributed by atoms with Crippen LogP contribution in [0.1, 0.15) is 0 Å². The Labute approximate surface area is 421 Å². The van der Waals surface area contributed by atoms with Crippen molar-refractivity contribution < 1.29 is 0 Å². The molecule has 0 amide bonds. The van der Waals surface area contributed by atoms with E-state index in [9.17, 15) is 0 Å². The number of benzene rings is 11. The summed E-state index contributed by atoms with van der Waals surface area (Å²) in [7, 11) is 0. The van der Waals surface area contributed by atoms with Crippen molar-refractivity contribution in [2.45, 2.75) is 0 Å². The van der Waals surface area contributed by atoms with Crippen LogP contribution >= 0.6 is 0 Å². The van der Waals surface area contributed by atoms with Gasteiger partial charge in [0.15, 0.2) is 0 Å². The Morgan fingerprint density at radius 1 is 0.194 bits per heavy atom. The van der Waals surface area contributed by atoms with E-state index in [0.29, 0.717) is 0 Å². The van der Waals surface area contributed by atoms with E-state index >= 15 is 0 Å². The summed E-state index contributed by atoms with van der Waals surface area (Å²) in [5, 5.41) is 0. The zero-order valence-corrected chi connectivity index (χ0v) is 39.5. The molecule has 11 aromatic carbocycles. The van der Waals surface area contributed by atoms with Gasteiger partial charge in [-0.05, 0) is 106 Å². The van der Waals surface area contributed by atoms with Gasteiger partial charge in [0, 0.05) is 45.0 Å². The molecule has 0 aliphatic carbocycles. The third-order valence-corrected chi connectivity index (χ3v) is 13.3. The number of nitrogens with zero attached hydrogens (tertiary/aromatic N) is 4. The van der Waals surface area contributed by atoms with Gasteiger partial charge in [-0.15, -0.1) is 0 Å². The lowest BCUT2D eigenvalue weighted by molar-refractivity contribution is 1.26. The zero-order valence-electron chi connectivity index (χ0n) is 39.5. The van der Waals surface area contributed by atoms with Crippen molar-refractivity contribution in [2.75, 3.05) is 9.80 Å². The molecule has 340 valence electrons. The van der Waals surface area contributed by atoms with Gasteiger partial charge in [-0.25, -0.2) is 9.97 Å². The summed E-state index contributed by atoms with van der Waals surface area (Å²) in [4.78, 5) is 15.3. The van der Waals surface area contributed by atoms with Crippen molar-refractivity contribution in [3.63, 3.8) is 0 Å². The molecule has 0 fully saturated rings. The second-order valence-corrected chi connectivity index (χ2v) is 17.8. The molecular weight excluding hydrogens is 873 g/mol. The Morgan fingerprint density at radius 2 is 0.458 bits per heavy atom. The fourth-order valence-electron chi connectivity index (χ4n) is 9.72. The molecule has 0 atom stereocenters. The first kappa shape index (κ1) is 43.6. The molecule has 0 aliphatic rings. The number of anilines is 6. The molecule has 12 rings (SSSR count). The van der Waals surface area contributed by atoms with Crippen LogP contribution in [0.2, 0.25) is 0 Å². The predicted octanol–water partition coefficient (Wildman–Crippen LogP) is 18.6. The van der Waals surface area contributed by atoms with Crippen LogP contribution < -0.4 is 9.80 Å². The van der Waals surface area contributed by atoms with Gasteiger partial charge in [-0.2, -0.15) is 0 Å². The van der Waals surface area contributed by atoms with Gasteiger partial charge in [0.05, 0.1) is 33.8 Å². The molecule has 0 spiro atoms. The summed E-state index contributed by atoms with van der Waals surface area (Å²) >= 11 is 0. The maximum Gasteiger partial charge on any atom is 0.0973 e. The summed E-state index contributed by atoms with van der Waals surface area (Å²) in [5.74, 6) is 0. The molecule has 0 bridgehead atoms. The van der Waals surface area contributed by atoms with E-state index in [0.717, 1.165) is 89.9 Å². The molecule has 0 saturated heterocycles. The van der Waals surface area contributed by atoms with Crippen molar-refractivity contribution in [2.24, 2.45) is 0 Å². The van der Waals surface area contributed by atoms with Gasteiger partial charge in [0.25, 0.3) is 0 Å². The van der Waals surface area contributed by atoms with Gasteiger partial charge in [-0.3, -0.25) is 0 Å². The van der Waals surface area contributed by atoms with Crippen molar-refractivity contribution in [3.8, 4) is 67.0 Å². The summed E-state index contributed by atoms with van der Waals surface area (Å²) < 4.78 is 0. The first-order valence-corrected chi connectivity index (χ1v) is 24.4. The lowest BCUT2D eigenvalue weighted by Crippen LogP contribution is -2.11. The smallest absolute Gasteiger partial charge is 0.0973 e. The molecule has 1 heterocycles. The van der Waals surface area contributed by atoms with E-state index in [1.54, 1.807) is 0 Å². The van der Waals surface area contributed by atoms with Crippen molar-refractivity contribution >= 4 is 45.2 Å². The van der Waals surface area contributed by atoms with Gasteiger partial charge in [0.2, 0.25) is 0 Å². The SMILES string of the molecule is c1ccc(-c2ccc(-c3ccccc3N(c3ccccc3)c3ccc(-c4nc5ccccc5nc4-c4ccc(N(c5ccccc5)c5ccccc5-c5ccc(-c6ccccc6)cc5)cc4)cc3)cc2)cc1. The highest BCUT2D eigenvalue weighted by Gasteiger charge is 2.21. The van der Waals surface area contributed by atoms with Gasteiger partial charge in [0.1, 0.15) is 0 Å². The van der Waals surface area contributed by atoms with Crippen molar-refractivity contribution in [1.29, 1.82) is 0 Å². The molecule has 0 N–H and O–H groups in total. The van der Waals surface area contributed by atoms with Crippen LogP contribution in [0.25, 0.3) is 78.1 Å². The standard InChI is InChI=1S/C68H48N4/c1-5-19-49(20-6-1)51-33-37-53(38-34-51)61-27-13-17-31-65(61)71(57-23-9-3-10-24-57)59-45-41-55(42-46-59)67-68(70-64-30-16-15-29-63(64)69-67)56-43-47-60(48-44-56)72(58-25-11-4-12-26-58)66-32-18-14-28-62(66)54-39-35-52(36-40-54)50-21-7-2-8-22-50/h1-48H. The predicted molar refractivity (Wildman–Crippen MR) is 302 cm³/mol. The Morgan fingerprint density at radius 3 is 0.833 bits per heavy atom. The van der Waals surface area contributed by atoms with Gasteiger partial charge in [-0.1, -0.05) is 218 Å². The normalized spacial score (nSPS) is 11.1. The quantitative estimate of drug-likeness (QED) is 0.122. The average Bonchev–Trinajstić information content (AvgIpc) is 3.47. The number of hydrogen-bond donors (Lipinski definition) is 0. The minimum absolute atomic E-state index is 0.822. The van der Waals surface area contributed by atoms with Crippen molar-refractivity contribution in [3.05, 3.63) is 291 Å². The monoisotopic (exact) mass is 920 g/mol. The number of hydrogen-bond acceptors (Lipinski definition) is 4. The Bertz CT molecular complexity index is 3500. The molecule has 4 heteroatoms. The van der Waals surface area contributed by atoms with Crippen LogP contribution in [-0.4, -0.2) is 9.97 Å². The van der Waals surface area contributed by atoms with E-state index in [-0.39, 0.29) is 0 Å².